The average Bonchev–Trinajstić information content (AvgIpc) is 1.76. The third-order valence-corrected chi connectivity index (χ3v) is 25.3. The van der Waals surface area contributed by atoms with Crippen molar-refractivity contribution in [3.8, 4) is 22.0 Å². The minimum Gasteiger partial charge on any atom is -0.455 e. The molecule has 11 heterocycles. The monoisotopic (exact) mass is 1230 g/mol. The molecule has 0 amide bonds. The van der Waals surface area contributed by atoms with Crippen LogP contribution in [-0.2, 0) is 6.42 Å². The molecular formula is C71H44N2O5S2Se2. The number of benzene rings is 8. The molecule has 392 valence electrons. The largest absolute Gasteiger partial charge is 0.455 e. The number of hydrogen-bond donors (Lipinski definition) is 0. The van der Waals surface area contributed by atoms with Gasteiger partial charge < -0.3 is 13.4 Å². The van der Waals surface area contributed by atoms with Gasteiger partial charge in [-0.25, -0.2) is 0 Å². The molecule has 0 bridgehead atoms. The van der Waals surface area contributed by atoms with Crippen LogP contribution in [0.15, 0.2) is 168 Å². The van der Waals surface area contributed by atoms with Gasteiger partial charge in [0, 0.05) is 38.5 Å². The summed E-state index contributed by atoms with van der Waals surface area (Å²) in [6, 6.07) is 53.1. The minimum atomic E-state index is 0.221. The van der Waals surface area contributed by atoms with Crippen LogP contribution >= 0.6 is 22.7 Å². The first-order valence-electron chi connectivity index (χ1n) is 27.6. The van der Waals surface area contributed by atoms with Crippen molar-refractivity contribution in [2.75, 3.05) is 0 Å². The quantitative estimate of drug-likeness (QED) is 0.161. The van der Waals surface area contributed by atoms with Crippen LogP contribution in [0.2, 0.25) is 0 Å². The van der Waals surface area contributed by atoms with Crippen molar-refractivity contribution in [2.45, 2.75) is 48.0 Å². The number of rotatable bonds is 2. The number of fused-ring (bicyclic) bond motifs is 28. The standard InChI is InChI=1S/C36H23NO2S2.C35H21NO3Se2/c1-17-4-8-20(9-5-17)37-27-12-18(2)7-11-22(27)34-31(37)33-36(41-34)26-16-28-23(15-29(26)39-33)24-14-25-21-10-6-19(3)13-30(21)40-35(25)32(24)38-28;1-16-4-8-19(9-5-16)36-28-20-10-6-17(2)12-24(20)37-30(28)31-29(36)22-14-26-23(15-25(22)38-31)33-32(39-26)35-34(41-33)21-11-7-18(3)13-27(21)40-35/h4-13,15-16H,14H2,1-3H3;4-15H,1-3H3. The van der Waals surface area contributed by atoms with Crippen molar-refractivity contribution < 1.29 is 22.1 Å². The minimum absolute atomic E-state index is 0.221. The first-order valence-corrected chi connectivity index (χ1v) is 32.7. The van der Waals surface area contributed by atoms with Gasteiger partial charge in [0.05, 0.1) is 19.8 Å². The van der Waals surface area contributed by atoms with E-state index in [-0.39, 0.29) is 29.0 Å². The van der Waals surface area contributed by atoms with Crippen molar-refractivity contribution in [2.24, 2.45) is 0 Å². The summed E-state index contributed by atoms with van der Waals surface area (Å²) in [5, 5.41) is 9.67. The summed E-state index contributed by atoms with van der Waals surface area (Å²) in [6.45, 7) is 12.8. The van der Waals surface area contributed by atoms with Crippen LogP contribution in [0.3, 0.4) is 0 Å². The molecule has 0 saturated heterocycles. The Morgan fingerprint density at radius 3 is 1.71 bits per heavy atom. The average molecular weight is 1230 g/mol. The van der Waals surface area contributed by atoms with E-state index in [1.54, 1.807) is 0 Å². The molecule has 0 N–H and O–H groups in total. The molecule has 0 atom stereocenters. The molecule has 1 aliphatic rings. The van der Waals surface area contributed by atoms with Gasteiger partial charge in [-0.15, -0.1) is 22.7 Å². The van der Waals surface area contributed by atoms with E-state index in [4.69, 9.17) is 22.1 Å². The SMILES string of the molecule is Cc1ccc(-n2c3c4ccc(C)cc4oc3c3oc4cc5c(cc4c32)oc2c5[se]c3c4ccc(C)cc4[se]c23)cc1.Cc1ccc(-n2c3cc(C)ccc3c3sc4c5cc6oc7c(c6cc5oc4c32)Cc2c-7sc3cc(C)ccc23)cc1. The summed E-state index contributed by atoms with van der Waals surface area (Å²) in [5.74, 6) is 1.04. The molecule has 1 aliphatic carbocycles. The zero-order chi connectivity index (χ0) is 54.3. The summed E-state index contributed by atoms with van der Waals surface area (Å²) in [6.07, 6.45) is 0.909. The Morgan fingerprint density at radius 2 is 0.927 bits per heavy atom. The van der Waals surface area contributed by atoms with Gasteiger partial charge in [-0.3, -0.25) is 0 Å². The molecule has 0 aliphatic heterocycles. The van der Waals surface area contributed by atoms with Gasteiger partial charge in [-0.05, 0) is 79.2 Å². The summed E-state index contributed by atoms with van der Waals surface area (Å²) in [7, 11) is 0. The second-order valence-corrected chi connectivity index (χ2v) is 29.2. The molecule has 20 rings (SSSR count). The van der Waals surface area contributed by atoms with Crippen LogP contribution in [0.5, 0.6) is 0 Å². The van der Waals surface area contributed by atoms with Crippen LogP contribution in [0, 0.1) is 41.5 Å². The van der Waals surface area contributed by atoms with E-state index >= 15 is 0 Å². The Bertz CT molecular complexity index is 6050. The summed E-state index contributed by atoms with van der Waals surface area (Å²) >= 11 is 4.19. The summed E-state index contributed by atoms with van der Waals surface area (Å²) in [4.78, 5) is 1.29. The molecule has 0 radical (unpaired) electrons. The van der Waals surface area contributed by atoms with E-state index in [2.05, 4.69) is 196 Å². The van der Waals surface area contributed by atoms with Gasteiger partial charge in [-0.2, -0.15) is 0 Å². The fraction of sp³-hybridized carbons (Fsp3) is 0.0986. The normalized spacial score (nSPS) is 13.0. The molecule has 0 fully saturated rings. The van der Waals surface area contributed by atoms with E-state index in [0.29, 0.717) is 0 Å². The van der Waals surface area contributed by atoms with Gasteiger partial charge in [0.15, 0.2) is 5.58 Å². The van der Waals surface area contributed by atoms with Crippen LogP contribution < -0.4 is 0 Å². The second kappa shape index (κ2) is 16.3. The number of hydrogen-bond acceptors (Lipinski definition) is 7. The predicted molar refractivity (Wildman–Crippen MR) is 344 cm³/mol. The fourth-order valence-electron chi connectivity index (χ4n) is 13.3. The van der Waals surface area contributed by atoms with Crippen molar-refractivity contribution in [3.05, 3.63) is 190 Å². The Morgan fingerprint density at radius 1 is 0.366 bits per heavy atom. The van der Waals surface area contributed by atoms with Crippen molar-refractivity contribution >= 4 is 198 Å². The van der Waals surface area contributed by atoms with Gasteiger partial charge >= 0.3 is 246 Å². The molecule has 82 heavy (non-hydrogen) atoms. The van der Waals surface area contributed by atoms with Gasteiger partial charge in [-0.1, -0.05) is 42.0 Å². The number of furan rings is 5. The maximum Gasteiger partial charge on any atom is 0.170 e. The van der Waals surface area contributed by atoms with Gasteiger partial charge in [0.25, 0.3) is 0 Å². The van der Waals surface area contributed by atoms with Crippen LogP contribution in [0.25, 0.3) is 169 Å². The van der Waals surface area contributed by atoms with E-state index in [1.165, 1.54) is 113 Å². The molecule has 0 unspecified atom stereocenters. The molecule has 7 nitrogen and oxygen atoms in total. The molecular weight excluding hydrogens is 1180 g/mol. The number of nitrogens with zero attached hydrogens (tertiary/aromatic N) is 2. The van der Waals surface area contributed by atoms with E-state index < -0.39 is 0 Å². The first kappa shape index (κ1) is 46.4. The maximum atomic E-state index is 6.78. The zero-order valence-corrected chi connectivity index (χ0v) is 50.2. The van der Waals surface area contributed by atoms with E-state index in [0.717, 1.165) is 107 Å². The van der Waals surface area contributed by atoms with Crippen LogP contribution in [0.1, 0.15) is 44.5 Å². The molecule has 0 saturated carbocycles. The van der Waals surface area contributed by atoms with Crippen LogP contribution in [-0.4, -0.2) is 38.1 Å². The Labute approximate surface area is 485 Å². The molecule has 0 spiro atoms. The van der Waals surface area contributed by atoms with Crippen molar-refractivity contribution in [1.29, 1.82) is 0 Å². The zero-order valence-electron chi connectivity index (χ0n) is 45.1. The molecule has 11 heteroatoms. The first-order chi connectivity index (χ1) is 40.0. The van der Waals surface area contributed by atoms with Crippen molar-refractivity contribution in [3.63, 3.8) is 0 Å². The third-order valence-electron chi connectivity index (χ3n) is 17.3. The Kier molecular flexibility index (Phi) is 9.20. The molecule has 8 aromatic carbocycles. The molecule has 11 aromatic heterocycles. The van der Waals surface area contributed by atoms with Crippen molar-refractivity contribution in [1.82, 2.24) is 9.13 Å². The summed E-state index contributed by atoms with van der Waals surface area (Å²) < 4.78 is 47.6. The maximum absolute atomic E-state index is 6.78. The van der Waals surface area contributed by atoms with E-state index in [9.17, 15) is 0 Å². The Balaban J connectivity index is 0.000000122. The van der Waals surface area contributed by atoms with E-state index in [1.807, 2.05) is 22.7 Å². The van der Waals surface area contributed by atoms with Crippen LogP contribution in [0.4, 0.5) is 0 Å². The molecule has 19 aromatic rings. The van der Waals surface area contributed by atoms with Gasteiger partial charge in [0.1, 0.15) is 22.4 Å². The second-order valence-electron chi connectivity index (χ2n) is 22.8. The number of thiophene rings is 2. The fourth-order valence-corrected chi connectivity index (χ4v) is 22.4. The predicted octanol–water partition coefficient (Wildman–Crippen LogP) is 20.7. The Hall–Kier alpha value is -8.24. The number of aryl methyl sites for hydroxylation is 6. The summed E-state index contributed by atoms with van der Waals surface area (Å²) in [5.41, 5.74) is 25.1. The topological polar surface area (TPSA) is 75.6 Å². The smallest absolute Gasteiger partial charge is 0.170 e. The third kappa shape index (κ3) is 6.25. The van der Waals surface area contributed by atoms with Gasteiger partial charge in [0.2, 0.25) is 0 Å². The number of aromatic nitrogens is 2.